The molecule has 0 aliphatic heterocycles. The van der Waals surface area contributed by atoms with Crippen LogP contribution in [-0.2, 0) is 4.79 Å². The number of rotatable bonds is 3. The van der Waals surface area contributed by atoms with E-state index in [-0.39, 0.29) is 57.3 Å². The van der Waals surface area contributed by atoms with E-state index in [9.17, 15) is 4.79 Å². The van der Waals surface area contributed by atoms with E-state index in [1.165, 1.54) is 5.57 Å². The van der Waals surface area contributed by atoms with Crippen LogP contribution in [0.1, 0.15) is 19.8 Å². The summed E-state index contributed by atoms with van der Waals surface area (Å²) < 4.78 is 0. The van der Waals surface area contributed by atoms with Crippen LogP contribution in [0.4, 0.5) is 0 Å². The van der Waals surface area contributed by atoms with Crippen LogP contribution < -0.4 is 0 Å². The van der Waals surface area contributed by atoms with E-state index in [4.69, 9.17) is 0 Å². The van der Waals surface area contributed by atoms with Gasteiger partial charge in [0.15, 0.2) is 0 Å². The first kappa shape index (κ1) is 13.5. The molecule has 1 rings (SSSR count). The molecule has 1 unspecified atom stereocenters. The van der Waals surface area contributed by atoms with Gasteiger partial charge in [0.25, 0.3) is 0 Å². The van der Waals surface area contributed by atoms with Crippen LogP contribution in [0.5, 0.6) is 0 Å². The number of aldehydes is 1. The zero-order chi connectivity index (χ0) is 8.81. The molecule has 66 valence electrons. The molecule has 1 aliphatic carbocycles. The molecule has 0 saturated heterocycles. The zero-order valence-corrected chi connectivity index (χ0v) is 7.36. The molecule has 0 saturated carbocycles. The fourth-order valence-corrected chi connectivity index (χ4v) is 1.21. The van der Waals surface area contributed by atoms with Gasteiger partial charge in [0, 0.05) is 0 Å². The first-order valence-corrected chi connectivity index (χ1v) is 4.37. The van der Waals surface area contributed by atoms with E-state index in [2.05, 4.69) is 13.0 Å². The quantitative estimate of drug-likeness (QED) is 0.505. The summed E-state index contributed by atoms with van der Waals surface area (Å²) in [4.78, 5) is 10.5. The Morgan fingerprint density at radius 2 is 2.23 bits per heavy atom. The maximum absolute atomic E-state index is 10.5. The molecule has 13 heavy (non-hydrogen) atoms. The topological polar surface area (TPSA) is 17.1 Å². The number of carbonyl (C=O) groups excluding carboxylic acids is 1. The summed E-state index contributed by atoms with van der Waals surface area (Å²) in [6.07, 6.45) is 13.1. The fourth-order valence-electron chi connectivity index (χ4n) is 1.21. The van der Waals surface area contributed by atoms with Crippen molar-refractivity contribution in [1.82, 2.24) is 0 Å². The third-order valence-electron chi connectivity index (χ3n) is 1.87. The van der Waals surface area contributed by atoms with Gasteiger partial charge in [-0.25, -0.2) is 0 Å². The molecule has 2 heteroatoms. The first-order valence-electron chi connectivity index (χ1n) is 4.37. The van der Waals surface area contributed by atoms with Gasteiger partial charge in [-0.3, -0.25) is 0 Å². The molecule has 1 aliphatic rings. The Balaban J connectivity index is 0.00000144. The van der Waals surface area contributed by atoms with E-state index in [1.807, 2.05) is 24.3 Å². The Morgan fingerprint density at radius 1 is 1.46 bits per heavy atom. The number of allylic oxidation sites excluding steroid dienone is 6. The molecule has 1 atom stereocenters. The van der Waals surface area contributed by atoms with Gasteiger partial charge in [0.1, 0.15) is 6.29 Å². The average molecular weight is 202 g/mol. The normalized spacial score (nSPS) is 20.1. The van der Waals surface area contributed by atoms with Gasteiger partial charge >= 0.3 is 51.4 Å². The van der Waals surface area contributed by atoms with Gasteiger partial charge in [0.2, 0.25) is 0 Å². The minimum atomic E-state index is -0.0318. The van der Waals surface area contributed by atoms with Crippen molar-refractivity contribution < 1.29 is 4.79 Å². The van der Waals surface area contributed by atoms with Crippen molar-refractivity contribution in [1.29, 1.82) is 0 Å². The Labute approximate surface area is 122 Å². The first-order chi connectivity index (χ1) is 5.86. The Kier molecular flexibility index (Phi) is 8.21. The maximum atomic E-state index is 10.5. The minimum absolute atomic E-state index is 0. The van der Waals surface area contributed by atoms with Crippen LogP contribution in [0.3, 0.4) is 0 Å². The van der Waals surface area contributed by atoms with Gasteiger partial charge in [-0.15, -0.1) is 0 Å². The molecule has 1 nitrogen and oxygen atoms in total. The SMILES string of the molecule is CCCC1=CC=CC(C=O)C=C1.[KH]. The summed E-state index contributed by atoms with van der Waals surface area (Å²) >= 11 is 0. The molecule has 0 fully saturated rings. The predicted octanol–water partition coefficient (Wildman–Crippen LogP) is 2.01. The fraction of sp³-hybridized carbons (Fsp3) is 0.364. The molecule has 0 bridgehead atoms. The van der Waals surface area contributed by atoms with Crippen LogP contribution in [-0.4, -0.2) is 57.7 Å². The van der Waals surface area contributed by atoms with Gasteiger partial charge in [-0.05, 0) is 12.0 Å². The van der Waals surface area contributed by atoms with Crippen molar-refractivity contribution in [2.24, 2.45) is 5.92 Å². The van der Waals surface area contributed by atoms with Crippen molar-refractivity contribution in [3.63, 3.8) is 0 Å². The monoisotopic (exact) mass is 202 g/mol. The molecule has 0 aromatic rings. The van der Waals surface area contributed by atoms with Crippen LogP contribution >= 0.6 is 0 Å². The van der Waals surface area contributed by atoms with E-state index in [1.54, 1.807) is 0 Å². The van der Waals surface area contributed by atoms with Crippen LogP contribution in [0, 0.1) is 5.92 Å². The Morgan fingerprint density at radius 3 is 2.85 bits per heavy atom. The molecule has 0 radical (unpaired) electrons. The summed E-state index contributed by atoms with van der Waals surface area (Å²) in [5.74, 6) is -0.0318. The number of carbonyl (C=O) groups is 1. The Hall–Kier alpha value is 0.526. The van der Waals surface area contributed by atoms with Crippen LogP contribution in [0.2, 0.25) is 0 Å². The third kappa shape index (κ3) is 5.08. The molecule has 0 aromatic heterocycles. The number of hydrogen-bond donors (Lipinski definition) is 0. The molecule has 0 spiro atoms. The van der Waals surface area contributed by atoms with E-state index < -0.39 is 0 Å². The second-order valence-electron chi connectivity index (χ2n) is 2.95. The van der Waals surface area contributed by atoms with Crippen LogP contribution in [0.15, 0.2) is 36.0 Å². The molecular weight excluding hydrogens is 187 g/mol. The van der Waals surface area contributed by atoms with Crippen molar-refractivity contribution in [3.8, 4) is 0 Å². The second kappa shape index (κ2) is 7.89. The summed E-state index contributed by atoms with van der Waals surface area (Å²) in [6, 6.07) is 0. The van der Waals surface area contributed by atoms with E-state index in [0.717, 1.165) is 19.1 Å². The van der Waals surface area contributed by atoms with Gasteiger partial charge in [-0.2, -0.15) is 0 Å². The van der Waals surface area contributed by atoms with E-state index >= 15 is 0 Å². The van der Waals surface area contributed by atoms with E-state index in [0.29, 0.717) is 0 Å². The molecule has 0 N–H and O–H groups in total. The third-order valence-corrected chi connectivity index (χ3v) is 1.87. The Bertz CT molecular complexity index is 238. The van der Waals surface area contributed by atoms with Gasteiger partial charge in [-0.1, -0.05) is 43.7 Å². The van der Waals surface area contributed by atoms with Crippen molar-refractivity contribution in [3.05, 3.63) is 36.0 Å². The van der Waals surface area contributed by atoms with Crippen molar-refractivity contribution >= 4 is 57.7 Å². The van der Waals surface area contributed by atoms with Crippen LogP contribution in [0.25, 0.3) is 0 Å². The zero-order valence-electron chi connectivity index (χ0n) is 7.36. The number of hydrogen-bond acceptors (Lipinski definition) is 1. The second-order valence-corrected chi connectivity index (χ2v) is 2.95. The predicted molar refractivity (Wildman–Crippen MR) is 58.0 cm³/mol. The molecule has 0 heterocycles. The van der Waals surface area contributed by atoms with Crippen molar-refractivity contribution in [2.45, 2.75) is 19.8 Å². The van der Waals surface area contributed by atoms with Gasteiger partial charge in [0.05, 0.1) is 5.92 Å². The summed E-state index contributed by atoms with van der Waals surface area (Å²) in [5.41, 5.74) is 1.30. The van der Waals surface area contributed by atoms with Gasteiger partial charge < -0.3 is 4.79 Å². The average Bonchev–Trinajstić information content (AvgIpc) is 2.31. The summed E-state index contributed by atoms with van der Waals surface area (Å²) in [6.45, 7) is 2.15. The standard InChI is InChI=1S/C11H14O.K.H/c1-2-4-10-5-3-6-11(9-12)8-7-10;;/h3,5-9,11H,2,4H2,1H3;;. The molecule has 0 amide bonds. The summed E-state index contributed by atoms with van der Waals surface area (Å²) in [5, 5.41) is 0. The van der Waals surface area contributed by atoms with Crippen molar-refractivity contribution in [2.75, 3.05) is 0 Å². The summed E-state index contributed by atoms with van der Waals surface area (Å²) in [7, 11) is 0. The molecule has 0 aromatic carbocycles. The molecular formula is C11H15KO.